The highest BCUT2D eigenvalue weighted by Gasteiger charge is 2.24. The largest absolute Gasteiger partial charge is 0.388 e. The summed E-state index contributed by atoms with van der Waals surface area (Å²) in [5.74, 6) is 0.980. The van der Waals surface area contributed by atoms with Crippen LogP contribution < -0.4 is 5.73 Å². The van der Waals surface area contributed by atoms with Gasteiger partial charge in [0.1, 0.15) is 0 Å². The maximum atomic E-state index is 7.51. The van der Waals surface area contributed by atoms with Gasteiger partial charge in [-0.05, 0) is 25.2 Å². The number of amidine groups is 1. The minimum Gasteiger partial charge on any atom is -0.388 e. The Labute approximate surface area is 107 Å². The molecule has 0 aliphatic heterocycles. The van der Waals surface area contributed by atoms with Crippen LogP contribution in [0.4, 0.5) is 0 Å². The average Bonchev–Trinajstić information content (AvgIpc) is 2.25. The molecule has 3 nitrogen and oxygen atoms in total. The first kappa shape index (κ1) is 16.4. The van der Waals surface area contributed by atoms with Crippen molar-refractivity contribution in [2.75, 3.05) is 6.54 Å². The number of nitrogens with one attached hydrogen (secondary N) is 1. The van der Waals surface area contributed by atoms with Gasteiger partial charge in [-0.1, -0.05) is 34.6 Å². The molecular weight excluding hydrogens is 210 g/mol. The van der Waals surface area contributed by atoms with Crippen molar-refractivity contribution >= 4 is 5.84 Å². The molecule has 0 bridgehead atoms. The van der Waals surface area contributed by atoms with Gasteiger partial charge in [0.25, 0.3) is 0 Å². The highest BCUT2D eigenvalue weighted by molar-refractivity contribution is 5.77. The van der Waals surface area contributed by atoms with Crippen molar-refractivity contribution in [3.63, 3.8) is 0 Å². The molecule has 0 rings (SSSR count). The fourth-order valence-electron chi connectivity index (χ4n) is 2.53. The van der Waals surface area contributed by atoms with Crippen LogP contribution in [0.25, 0.3) is 0 Å². The molecule has 0 radical (unpaired) electrons. The van der Waals surface area contributed by atoms with E-state index < -0.39 is 0 Å². The van der Waals surface area contributed by atoms with Crippen LogP contribution in [-0.2, 0) is 0 Å². The minimum atomic E-state index is 0.316. The SMILES string of the molecule is CCC(CC)N(CC(C)C)C(CC)CC(=N)N. The van der Waals surface area contributed by atoms with Crippen LogP contribution in [-0.4, -0.2) is 29.4 Å². The summed E-state index contributed by atoms with van der Waals surface area (Å²) in [6.45, 7) is 12.3. The summed E-state index contributed by atoms with van der Waals surface area (Å²) in [6, 6.07) is 1.06. The molecule has 0 spiro atoms. The monoisotopic (exact) mass is 241 g/mol. The van der Waals surface area contributed by atoms with Crippen LogP contribution in [0.1, 0.15) is 60.3 Å². The first-order valence-corrected chi connectivity index (χ1v) is 7.04. The van der Waals surface area contributed by atoms with Gasteiger partial charge in [0.05, 0.1) is 5.84 Å². The Morgan fingerprint density at radius 2 is 1.53 bits per heavy atom. The molecule has 1 atom stereocenters. The minimum absolute atomic E-state index is 0.316. The standard InChI is InChI=1S/C14H31N3/c1-6-12(7-2)17(10-11(4)5)13(8-3)9-14(15)16/h11-13H,6-10H2,1-5H3,(H3,15,16). The molecule has 0 aromatic carbocycles. The molecular formula is C14H31N3. The van der Waals surface area contributed by atoms with E-state index in [-0.39, 0.29) is 0 Å². The van der Waals surface area contributed by atoms with Gasteiger partial charge in [-0.25, -0.2) is 0 Å². The van der Waals surface area contributed by atoms with Crippen molar-refractivity contribution in [2.24, 2.45) is 11.7 Å². The first-order chi connectivity index (χ1) is 7.96. The molecule has 1 unspecified atom stereocenters. The van der Waals surface area contributed by atoms with Gasteiger partial charge in [0.15, 0.2) is 0 Å². The van der Waals surface area contributed by atoms with E-state index in [0.29, 0.717) is 30.3 Å². The van der Waals surface area contributed by atoms with Gasteiger partial charge in [-0.15, -0.1) is 0 Å². The summed E-state index contributed by atoms with van der Waals surface area (Å²) in [5.41, 5.74) is 5.58. The zero-order valence-corrected chi connectivity index (χ0v) is 12.3. The Hall–Kier alpha value is -0.570. The number of hydrogen-bond donors (Lipinski definition) is 2. The quantitative estimate of drug-likeness (QED) is 0.481. The number of rotatable bonds is 9. The third-order valence-electron chi connectivity index (χ3n) is 3.38. The van der Waals surface area contributed by atoms with Gasteiger partial charge < -0.3 is 5.73 Å². The zero-order valence-electron chi connectivity index (χ0n) is 12.3. The normalized spacial score (nSPS) is 13.6. The summed E-state index contributed by atoms with van der Waals surface area (Å²) in [6.07, 6.45) is 4.14. The Morgan fingerprint density at radius 3 is 1.82 bits per heavy atom. The molecule has 0 aromatic rings. The average molecular weight is 241 g/mol. The third kappa shape index (κ3) is 6.06. The molecule has 0 aliphatic carbocycles. The Kier molecular flexibility index (Phi) is 8.23. The van der Waals surface area contributed by atoms with Crippen LogP contribution in [0.5, 0.6) is 0 Å². The Bertz CT molecular complexity index is 210. The van der Waals surface area contributed by atoms with Gasteiger partial charge >= 0.3 is 0 Å². The fraction of sp³-hybridized carbons (Fsp3) is 0.929. The lowest BCUT2D eigenvalue weighted by atomic mass is 10.0. The maximum Gasteiger partial charge on any atom is 0.0921 e. The van der Waals surface area contributed by atoms with Crippen LogP contribution in [0, 0.1) is 11.3 Å². The van der Waals surface area contributed by atoms with E-state index >= 15 is 0 Å². The van der Waals surface area contributed by atoms with Crippen LogP contribution in [0.3, 0.4) is 0 Å². The molecule has 3 N–H and O–H groups in total. The molecule has 0 amide bonds. The van der Waals surface area contributed by atoms with Crippen molar-refractivity contribution < 1.29 is 0 Å². The van der Waals surface area contributed by atoms with E-state index in [1.165, 1.54) is 12.8 Å². The summed E-state index contributed by atoms with van der Waals surface area (Å²) < 4.78 is 0. The lowest BCUT2D eigenvalue weighted by Crippen LogP contribution is -2.46. The summed E-state index contributed by atoms with van der Waals surface area (Å²) in [5, 5.41) is 7.51. The van der Waals surface area contributed by atoms with Crippen molar-refractivity contribution in [3.8, 4) is 0 Å². The first-order valence-electron chi connectivity index (χ1n) is 7.04. The summed E-state index contributed by atoms with van der Waals surface area (Å²) in [4.78, 5) is 2.58. The predicted molar refractivity (Wildman–Crippen MR) is 76.5 cm³/mol. The highest BCUT2D eigenvalue weighted by atomic mass is 15.2. The molecule has 102 valence electrons. The van der Waals surface area contributed by atoms with E-state index in [2.05, 4.69) is 39.5 Å². The van der Waals surface area contributed by atoms with Crippen LogP contribution in [0.2, 0.25) is 0 Å². The molecule has 0 saturated carbocycles. The molecule has 0 saturated heterocycles. The van der Waals surface area contributed by atoms with E-state index in [1.54, 1.807) is 0 Å². The smallest absolute Gasteiger partial charge is 0.0921 e. The second-order valence-electron chi connectivity index (χ2n) is 5.35. The van der Waals surface area contributed by atoms with Crippen molar-refractivity contribution in [1.82, 2.24) is 4.90 Å². The summed E-state index contributed by atoms with van der Waals surface area (Å²) >= 11 is 0. The second kappa shape index (κ2) is 8.51. The number of nitrogens with two attached hydrogens (primary N) is 1. The molecule has 0 aromatic heterocycles. The lowest BCUT2D eigenvalue weighted by Gasteiger charge is -2.38. The van der Waals surface area contributed by atoms with Gasteiger partial charge in [0, 0.05) is 25.0 Å². The van der Waals surface area contributed by atoms with Gasteiger partial charge in [-0.3, -0.25) is 10.3 Å². The topological polar surface area (TPSA) is 53.1 Å². The van der Waals surface area contributed by atoms with Crippen molar-refractivity contribution in [3.05, 3.63) is 0 Å². The summed E-state index contributed by atoms with van der Waals surface area (Å²) in [7, 11) is 0. The molecule has 17 heavy (non-hydrogen) atoms. The van der Waals surface area contributed by atoms with Crippen LogP contribution >= 0.6 is 0 Å². The number of nitrogens with zero attached hydrogens (tertiary/aromatic N) is 1. The Morgan fingerprint density at radius 1 is 1.06 bits per heavy atom. The third-order valence-corrected chi connectivity index (χ3v) is 3.38. The van der Waals surface area contributed by atoms with Crippen LogP contribution in [0.15, 0.2) is 0 Å². The van der Waals surface area contributed by atoms with Gasteiger partial charge in [0.2, 0.25) is 0 Å². The van der Waals surface area contributed by atoms with Gasteiger partial charge in [-0.2, -0.15) is 0 Å². The zero-order chi connectivity index (χ0) is 13.4. The highest BCUT2D eigenvalue weighted by Crippen LogP contribution is 2.19. The lowest BCUT2D eigenvalue weighted by molar-refractivity contribution is 0.109. The second-order valence-corrected chi connectivity index (χ2v) is 5.35. The molecule has 0 fully saturated rings. The maximum absolute atomic E-state index is 7.51. The van der Waals surface area contributed by atoms with Crippen molar-refractivity contribution in [1.29, 1.82) is 5.41 Å². The molecule has 0 heterocycles. The Balaban J connectivity index is 4.77. The molecule has 0 aliphatic rings. The predicted octanol–water partition coefficient (Wildman–Crippen LogP) is 3.24. The van der Waals surface area contributed by atoms with E-state index in [0.717, 1.165) is 13.0 Å². The van der Waals surface area contributed by atoms with Crippen molar-refractivity contribution in [2.45, 2.75) is 72.4 Å². The number of hydrogen-bond acceptors (Lipinski definition) is 2. The van der Waals surface area contributed by atoms with E-state index in [4.69, 9.17) is 11.1 Å². The molecule has 3 heteroatoms. The van der Waals surface area contributed by atoms with E-state index in [1.807, 2.05) is 0 Å². The fourth-order valence-corrected chi connectivity index (χ4v) is 2.53. The van der Waals surface area contributed by atoms with E-state index in [9.17, 15) is 0 Å².